The summed E-state index contributed by atoms with van der Waals surface area (Å²) in [4.78, 5) is 16.5. The quantitative estimate of drug-likeness (QED) is 0.726. The van der Waals surface area contributed by atoms with E-state index < -0.39 is 22.1 Å². The number of hydrogen-bond donors (Lipinski definition) is 1. The van der Waals surface area contributed by atoms with Crippen LogP contribution in [-0.2, 0) is 4.74 Å². The van der Waals surface area contributed by atoms with Crippen LogP contribution in [0.4, 0.5) is 16.2 Å². The van der Waals surface area contributed by atoms with Crippen molar-refractivity contribution in [3.05, 3.63) is 24.3 Å². The fourth-order valence-electron chi connectivity index (χ4n) is 2.22. The summed E-state index contributed by atoms with van der Waals surface area (Å²) in [6, 6.07) is 8.03. The van der Waals surface area contributed by atoms with Crippen LogP contribution in [0.15, 0.2) is 24.3 Å². The van der Waals surface area contributed by atoms with Gasteiger partial charge in [0, 0.05) is 5.69 Å². The molecule has 0 fully saturated rings. The second-order valence-corrected chi connectivity index (χ2v) is 18.4. The average Bonchev–Trinajstić information content (AvgIpc) is 2.25. The van der Waals surface area contributed by atoms with Crippen molar-refractivity contribution in [2.45, 2.75) is 65.7 Å². The lowest BCUT2D eigenvalue weighted by Gasteiger charge is -2.37. The number of nitrogens with one attached hydrogen (secondary N) is 1. The molecular formula is C17H32N2O2Si2. The molecule has 0 saturated carbocycles. The van der Waals surface area contributed by atoms with Crippen molar-refractivity contribution in [3.63, 3.8) is 0 Å². The van der Waals surface area contributed by atoms with Crippen LogP contribution in [0, 0.1) is 0 Å². The summed E-state index contributed by atoms with van der Waals surface area (Å²) < 4.78 is 7.55. The SMILES string of the molecule is CC(C)(C)OC(=O)N(c1ccccc1N[Si](C)(C)C)[Si](C)(C)C. The predicted octanol–water partition coefficient (Wildman–Crippen LogP) is 5.51. The molecule has 0 aliphatic heterocycles. The van der Waals surface area contributed by atoms with Gasteiger partial charge >= 0.3 is 6.09 Å². The van der Waals surface area contributed by atoms with Gasteiger partial charge in [-0.2, -0.15) is 0 Å². The number of rotatable bonds is 4. The van der Waals surface area contributed by atoms with Crippen molar-refractivity contribution in [1.29, 1.82) is 0 Å². The summed E-state index contributed by atoms with van der Waals surface area (Å²) in [6.45, 7) is 18.9. The summed E-state index contributed by atoms with van der Waals surface area (Å²) >= 11 is 0. The van der Waals surface area contributed by atoms with E-state index in [1.165, 1.54) is 0 Å². The van der Waals surface area contributed by atoms with Gasteiger partial charge in [0.1, 0.15) is 13.8 Å². The number of amides is 1. The van der Waals surface area contributed by atoms with Crippen LogP contribution in [0.5, 0.6) is 0 Å². The third-order valence-electron chi connectivity index (χ3n) is 2.90. The Morgan fingerprint density at radius 3 is 2.00 bits per heavy atom. The minimum Gasteiger partial charge on any atom is -0.444 e. The summed E-state index contributed by atoms with van der Waals surface area (Å²) in [5.74, 6) is 0. The number of para-hydroxylation sites is 2. The van der Waals surface area contributed by atoms with Gasteiger partial charge in [-0.1, -0.05) is 51.4 Å². The third kappa shape index (κ3) is 6.39. The van der Waals surface area contributed by atoms with Gasteiger partial charge in [-0.15, -0.1) is 0 Å². The molecule has 0 saturated heterocycles. The number of hydrogen-bond acceptors (Lipinski definition) is 3. The molecule has 0 aliphatic rings. The van der Waals surface area contributed by atoms with Crippen LogP contribution in [-0.4, -0.2) is 28.2 Å². The number of carbonyl (C=O) groups excluding carboxylic acids is 1. The first-order valence-electron chi connectivity index (χ1n) is 8.11. The molecule has 0 radical (unpaired) electrons. The van der Waals surface area contributed by atoms with Gasteiger partial charge < -0.3 is 14.3 Å². The Kier molecular flexibility index (Phi) is 5.75. The highest BCUT2D eigenvalue weighted by Gasteiger charge is 2.35. The molecule has 0 spiro atoms. The number of carbonyl (C=O) groups is 1. The predicted molar refractivity (Wildman–Crippen MR) is 105 cm³/mol. The molecule has 0 heterocycles. The van der Waals surface area contributed by atoms with Gasteiger partial charge in [0.25, 0.3) is 0 Å². The molecule has 4 nitrogen and oxygen atoms in total. The highest BCUT2D eigenvalue weighted by molar-refractivity contribution is 6.83. The zero-order valence-electron chi connectivity index (χ0n) is 16.1. The first kappa shape index (κ1) is 19.8. The van der Waals surface area contributed by atoms with E-state index in [1.54, 1.807) is 0 Å². The first-order valence-corrected chi connectivity index (χ1v) is 15.1. The van der Waals surface area contributed by atoms with E-state index in [1.807, 2.05) is 49.6 Å². The van der Waals surface area contributed by atoms with Crippen LogP contribution < -0.4 is 9.55 Å². The molecule has 1 aromatic carbocycles. The molecule has 130 valence electrons. The molecule has 0 aromatic heterocycles. The van der Waals surface area contributed by atoms with Gasteiger partial charge in [0.2, 0.25) is 0 Å². The molecule has 0 unspecified atom stereocenters. The molecule has 0 atom stereocenters. The largest absolute Gasteiger partial charge is 0.444 e. The zero-order chi connectivity index (χ0) is 18.1. The second-order valence-electron chi connectivity index (χ2n) is 8.88. The maximum absolute atomic E-state index is 12.8. The lowest BCUT2D eigenvalue weighted by atomic mass is 10.2. The number of ether oxygens (including phenoxy) is 1. The van der Waals surface area contributed by atoms with E-state index in [4.69, 9.17) is 4.74 Å². The van der Waals surface area contributed by atoms with Crippen LogP contribution in [0.3, 0.4) is 0 Å². The second kappa shape index (κ2) is 6.69. The highest BCUT2D eigenvalue weighted by atomic mass is 28.3. The summed E-state index contributed by atoms with van der Waals surface area (Å²) in [5.41, 5.74) is 1.43. The van der Waals surface area contributed by atoms with E-state index in [-0.39, 0.29) is 6.09 Å². The fourth-order valence-corrected chi connectivity index (χ4v) is 4.75. The minimum atomic E-state index is -1.96. The Labute approximate surface area is 143 Å². The lowest BCUT2D eigenvalue weighted by Crippen LogP contribution is -2.52. The van der Waals surface area contributed by atoms with Crippen LogP contribution in [0.25, 0.3) is 0 Å². The molecule has 0 aliphatic carbocycles. The Morgan fingerprint density at radius 2 is 1.57 bits per heavy atom. The summed E-state index contributed by atoms with van der Waals surface area (Å²) in [5, 5.41) is 0. The van der Waals surface area contributed by atoms with Crippen molar-refractivity contribution in [3.8, 4) is 0 Å². The highest BCUT2D eigenvalue weighted by Crippen LogP contribution is 2.32. The van der Waals surface area contributed by atoms with E-state index in [2.05, 4.69) is 44.3 Å². The Bertz CT molecular complexity index is 555. The van der Waals surface area contributed by atoms with Crippen molar-refractivity contribution in [2.24, 2.45) is 0 Å². The smallest absolute Gasteiger partial charge is 0.406 e. The van der Waals surface area contributed by atoms with Crippen molar-refractivity contribution < 1.29 is 9.53 Å². The number of benzene rings is 1. The van der Waals surface area contributed by atoms with E-state index in [9.17, 15) is 4.79 Å². The standard InChI is InChI=1S/C17H32N2O2Si2/c1-17(2,3)21-16(20)19(23(7,8)9)15-13-11-10-12-14(15)18-22(4,5)6/h10-13,18H,1-9H3. The van der Waals surface area contributed by atoms with Gasteiger partial charge in [0.15, 0.2) is 8.24 Å². The number of nitrogens with zero attached hydrogens (tertiary/aromatic N) is 1. The minimum absolute atomic E-state index is 0.263. The Balaban J connectivity index is 3.32. The molecule has 6 heteroatoms. The zero-order valence-corrected chi connectivity index (χ0v) is 18.1. The average molecular weight is 353 g/mol. The molecule has 0 bridgehead atoms. The maximum Gasteiger partial charge on any atom is 0.406 e. The molecule has 1 aromatic rings. The normalized spacial score (nSPS) is 12.7. The van der Waals surface area contributed by atoms with Crippen molar-refractivity contribution >= 4 is 33.9 Å². The topological polar surface area (TPSA) is 41.6 Å². The molecule has 23 heavy (non-hydrogen) atoms. The lowest BCUT2D eigenvalue weighted by molar-refractivity contribution is 0.0605. The first-order chi connectivity index (χ1) is 10.2. The molecule has 1 amide bonds. The van der Waals surface area contributed by atoms with Crippen LogP contribution >= 0.6 is 0 Å². The van der Waals surface area contributed by atoms with Crippen LogP contribution in [0.2, 0.25) is 39.3 Å². The van der Waals surface area contributed by atoms with Crippen molar-refractivity contribution in [2.75, 3.05) is 9.55 Å². The van der Waals surface area contributed by atoms with Gasteiger partial charge in [0.05, 0.1) is 5.69 Å². The van der Waals surface area contributed by atoms with Crippen LogP contribution in [0.1, 0.15) is 20.8 Å². The molecule has 1 N–H and O–H groups in total. The fraction of sp³-hybridized carbons (Fsp3) is 0.588. The Morgan fingerprint density at radius 1 is 1.04 bits per heavy atom. The van der Waals surface area contributed by atoms with E-state index in [0.29, 0.717) is 0 Å². The van der Waals surface area contributed by atoms with Gasteiger partial charge in [-0.25, -0.2) is 4.79 Å². The summed E-state index contributed by atoms with van der Waals surface area (Å²) in [7, 11) is -3.49. The Hall–Kier alpha value is -1.28. The van der Waals surface area contributed by atoms with E-state index in [0.717, 1.165) is 11.4 Å². The monoisotopic (exact) mass is 352 g/mol. The van der Waals surface area contributed by atoms with Crippen molar-refractivity contribution in [1.82, 2.24) is 0 Å². The number of anilines is 2. The van der Waals surface area contributed by atoms with E-state index >= 15 is 0 Å². The van der Waals surface area contributed by atoms with Gasteiger partial charge in [-0.3, -0.25) is 0 Å². The van der Waals surface area contributed by atoms with Gasteiger partial charge in [-0.05, 0) is 32.9 Å². The third-order valence-corrected chi connectivity index (χ3v) is 5.69. The summed E-state index contributed by atoms with van der Waals surface area (Å²) in [6.07, 6.45) is -0.263. The molecule has 1 rings (SSSR count). The molecular weight excluding hydrogens is 320 g/mol. The maximum atomic E-state index is 12.8.